The first-order chi connectivity index (χ1) is 12.9. The molecule has 0 bridgehead atoms. The van der Waals surface area contributed by atoms with Crippen LogP contribution in [0.1, 0.15) is 43.9 Å². The number of aliphatic carboxylic acids is 1. The van der Waals surface area contributed by atoms with Crippen LogP contribution in [0.2, 0.25) is 0 Å². The van der Waals surface area contributed by atoms with E-state index in [9.17, 15) is 14.7 Å². The van der Waals surface area contributed by atoms with Crippen molar-refractivity contribution < 1.29 is 19.4 Å². The summed E-state index contributed by atoms with van der Waals surface area (Å²) in [6, 6.07) is 15.1. The highest BCUT2D eigenvalue weighted by Gasteiger charge is 2.40. The quantitative estimate of drug-likeness (QED) is 0.803. The number of nitrogens with zero attached hydrogens (tertiary/aromatic N) is 1. The molecule has 0 saturated heterocycles. The number of fused-ring (bicyclic) bond motifs is 3. The Kier molecular flexibility index (Phi) is 5.49. The van der Waals surface area contributed by atoms with Crippen LogP contribution in [-0.4, -0.2) is 35.2 Å². The number of hydrogen-bond acceptors (Lipinski definition) is 3. The number of carboxylic acid groups (broad SMARTS) is 1. The van der Waals surface area contributed by atoms with Crippen LogP contribution >= 0.6 is 0 Å². The van der Waals surface area contributed by atoms with Crippen LogP contribution in [0.4, 0.5) is 4.79 Å². The van der Waals surface area contributed by atoms with E-state index in [-0.39, 0.29) is 18.4 Å². The Morgan fingerprint density at radius 1 is 1.04 bits per heavy atom. The SMILES string of the molecule is COC(=O)N(C1c2ccccc2-c2ccccc21)[C@@H](CC(=O)O)CC(C)C. The van der Waals surface area contributed by atoms with E-state index in [1.807, 2.05) is 62.4 Å². The minimum Gasteiger partial charge on any atom is -0.481 e. The van der Waals surface area contributed by atoms with Crippen molar-refractivity contribution in [1.29, 1.82) is 0 Å². The number of methoxy groups -OCH3 is 1. The minimum absolute atomic E-state index is 0.117. The predicted molar refractivity (Wildman–Crippen MR) is 103 cm³/mol. The fourth-order valence-corrected chi connectivity index (χ4v) is 4.04. The standard InChI is InChI=1S/C22H25NO4/c1-14(2)12-15(13-20(24)25)23(22(26)27-3)21-18-10-6-4-8-16(18)17-9-5-7-11-19(17)21/h4-11,14-15,21H,12-13H2,1-3H3,(H,24,25)/t15-/m1/s1. The van der Waals surface area contributed by atoms with Crippen LogP contribution in [0.15, 0.2) is 48.5 Å². The smallest absolute Gasteiger partial charge is 0.410 e. The average molecular weight is 367 g/mol. The fraction of sp³-hybridized carbons (Fsp3) is 0.364. The third-order valence-corrected chi connectivity index (χ3v) is 5.01. The van der Waals surface area contributed by atoms with Gasteiger partial charge in [0.2, 0.25) is 0 Å². The third-order valence-electron chi connectivity index (χ3n) is 5.01. The van der Waals surface area contributed by atoms with Gasteiger partial charge >= 0.3 is 12.1 Å². The highest BCUT2D eigenvalue weighted by atomic mass is 16.5. The van der Waals surface area contributed by atoms with E-state index in [1.165, 1.54) is 7.11 Å². The zero-order chi connectivity index (χ0) is 19.6. The highest BCUT2D eigenvalue weighted by Crippen LogP contribution is 2.47. The Balaban J connectivity index is 2.15. The lowest BCUT2D eigenvalue weighted by molar-refractivity contribution is -0.138. The summed E-state index contributed by atoms with van der Waals surface area (Å²) in [4.78, 5) is 26.0. The molecule has 0 radical (unpaired) electrons. The van der Waals surface area contributed by atoms with Crippen molar-refractivity contribution in [2.75, 3.05) is 7.11 Å². The molecular weight excluding hydrogens is 342 g/mol. The van der Waals surface area contributed by atoms with Crippen molar-refractivity contribution in [3.63, 3.8) is 0 Å². The molecule has 27 heavy (non-hydrogen) atoms. The number of rotatable bonds is 6. The molecule has 0 spiro atoms. The number of amides is 1. The maximum Gasteiger partial charge on any atom is 0.410 e. The lowest BCUT2D eigenvalue weighted by atomic mass is 9.95. The van der Waals surface area contributed by atoms with Crippen molar-refractivity contribution in [2.45, 2.75) is 38.8 Å². The molecule has 5 nitrogen and oxygen atoms in total. The van der Waals surface area contributed by atoms with Gasteiger partial charge in [0.05, 0.1) is 19.6 Å². The number of carboxylic acids is 1. The zero-order valence-corrected chi connectivity index (χ0v) is 15.9. The fourth-order valence-electron chi connectivity index (χ4n) is 4.04. The van der Waals surface area contributed by atoms with Gasteiger partial charge in [-0.3, -0.25) is 9.69 Å². The zero-order valence-electron chi connectivity index (χ0n) is 15.9. The first-order valence-corrected chi connectivity index (χ1v) is 9.20. The molecule has 3 rings (SSSR count). The Bertz CT molecular complexity index is 800. The molecule has 2 aromatic rings. The first-order valence-electron chi connectivity index (χ1n) is 9.20. The van der Waals surface area contributed by atoms with Crippen molar-refractivity contribution in [1.82, 2.24) is 4.90 Å². The molecule has 142 valence electrons. The van der Waals surface area contributed by atoms with Gasteiger partial charge in [0, 0.05) is 6.04 Å². The molecule has 0 aromatic heterocycles. The Morgan fingerprint density at radius 3 is 2.00 bits per heavy atom. The van der Waals surface area contributed by atoms with Crippen LogP contribution in [0.5, 0.6) is 0 Å². The molecule has 0 fully saturated rings. The Labute approximate surface area is 159 Å². The minimum atomic E-state index is -0.922. The van der Waals surface area contributed by atoms with Crippen LogP contribution in [0.3, 0.4) is 0 Å². The molecule has 0 aliphatic heterocycles. The highest BCUT2D eigenvalue weighted by molar-refractivity contribution is 5.81. The molecule has 1 aliphatic rings. The first kappa shape index (κ1) is 19.0. The van der Waals surface area contributed by atoms with Gasteiger partial charge < -0.3 is 9.84 Å². The maximum absolute atomic E-state index is 12.8. The van der Waals surface area contributed by atoms with E-state index >= 15 is 0 Å². The molecule has 0 saturated carbocycles. The second-order valence-corrected chi connectivity index (χ2v) is 7.34. The predicted octanol–water partition coefficient (Wildman–Crippen LogP) is 4.71. The molecule has 2 aromatic carbocycles. The van der Waals surface area contributed by atoms with E-state index in [0.717, 1.165) is 22.3 Å². The monoisotopic (exact) mass is 367 g/mol. The number of carbonyl (C=O) groups is 2. The van der Waals surface area contributed by atoms with Crippen molar-refractivity contribution >= 4 is 12.1 Å². The van der Waals surface area contributed by atoms with Crippen LogP contribution < -0.4 is 0 Å². The summed E-state index contributed by atoms with van der Waals surface area (Å²) >= 11 is 0. The molecule has 0 unspecified atom stereocenters. The van der Waals surface area contributed by atoms with Crippen LogP contribution in [-0.2, 0) is 9.53 Å². The normalized spacial score (nSPS) is 13.8. The lowest BCUT2D eigenvalue weighted by Gasteiger charge is -2.36. The van der Waals surface area contributed by atoms with Gasteiger partial charge in [0.15, 0.2) is 0 Å². The van der Waals surface area contributed by atoms with Gasteiger partial charge in [-0.1, -0.05) is 62.4 Å². The largest absolute Gasteiger partial charge is 0.481 e. The second-order valence-electron chi connectivity index (χ2n) is 7.34. The van der Waals surface area contributed by atoms with E-state index < -0.39 is 18.1 Å². The summed E-state index contributed by atoms with van der Waals surface area (Å²) in [5.41, 5.74) is 4.16. The summed E-state index contributed by atoms with van der Waals surface area (Å²) in [5.74, 6) is -0.678. The molecule has 1 aliphatic carbocycles. The van der Waals surface area contributed by atoms with E-state index in [0.29, 0.717) is 6.42 Å². The number of carbonyl (C=O) groups excluding carboxylic acids is 1. The Hall–Kier alpha value is -2.82. The number of ether oxygens (including phenoxy) is 1. The summed E-state index contributed by atoms with van der Waals surface area (Å²) < 4.78 is 5.09. The third kappa shape index (κ3) is 3.68. The topological polar surface area (TPSA) is 66.8 Å². The average Bonchev–Trinajstić information content (AvgIpc) is 2.96. The van der Waals surface area contributed by atoms with Crippen molar-refractivity contribution in [2.24, 2.45) is 5.92 Å². The van der Waals surface area contributed by atoms with Crippen molar-refractivity contribution in [3.8, 4) is 11.1 Å². The van der Waals surface area contributed by atoms with Crippen molar-refractivity contribution in [3.05, 3.63) is 59.7 Å². The van der Waals surface area contributed by atoms with Gasteiger partial charge in [-0.2, -0.15) is 0 Å². The van der Waals surface area contributed by atoms with Gasteiger partial charge in [-0.25, -0.2) is 4.79 Å². The summed E-state index contributed by atoms with van der Waals surface area (Å²) in [7, 11) is 1.34. The van der Waals surface area contributed by atoms with E-state index in [2.05, 4.69) is 0 Å². The summed E-state index contributed by atoms with van der Waals surface area (Å²) in [5, 5.41) is 9.45. The van der Waals surface area contributed by atoms with E-state index in [1.54, 1.807) is 4.90 Å². The molecular formula is C22H25NO4. The molecule has 1 atom stereocenters. The molecule has 1 amide bonds. The van der Waals surface area contributed by atoms with Gasteiger partial charge in [0.25, 0.3) is 0 Å². The van der Waals surface area contributed by atoms with Gasteiger partial charge in [-0.15, -0.1) is 0 Å². The van der Waals surface area contributed by atoms with Crippen LogP contribution in [0.25, 0.3) is 11.1 Å². The summed E-state index contributed by atoms with van der Waals surface area (Å²) in [6.45, 7) is 4.06. The number of hydrogen-bond donors (Lipinski definition) is 1. The molecule has 1 N–H and O–H groups in total. The Morgan fingerprint density at radius 2 is 1.56 bits per heavy atom. The van der Waals surface area contributed by atoms with Gasteiger partial charge in [-0.05, 0) is 34.6 Å². The van der Waals surface area contributed by atoms with Gasteiger partial charge in [0.1, 0.15) is 0 Å². The number of benzene rings is 2. The second kappa shape index (κ2) is 7.82. The maximum atomic E-state index is 12.8. The van der Waals surface area contributed by atoms with E-state index in [4.69, 9.17) is 4.74 Å². The molecule has 0 heterocycles. The van der Waals surface area contributed by atoms with Crippen LogP contribution in [0, 0.1) is 5.92 Å². The molecule has 5 heteroatoms. The summed E-state index contributed by atoms with van der Waals surface area (Å²) in [6.07, 6.45) is -0.0329. The lowest BCUT2D eigenvalue weighted by Crippen LogP contribution is -2.44.